The van der Waals surface area contributed by atoms with Gasteiger partial charge in [0.1, 0.15) is 11.4 Å². The maximum absolute atomic E-state index is 12.7. The quantitative estimate of drug-likeness (QED) is 0.917. The number of amides is 2. The van der Waals surface area contributed by atoms with Crippen LogP contribution in [0, 0.1) is 0 Å². The standard InChI is InChI=1S/C16H17N5O2S/c1-9-7-21(8-11(22)19-16-17-5-2-6-18-16)15(23)13-12(9)20-14(24-13)10-3-4-10/h2,5-6,9-10H,3-4,7-8H2,1H3,(H,17,18,19,22)/t9-/m1/s1. The fraction of sp³-hybridized carbons (Fsp3) is 0.438. The summed E-state index contributed by atoms with van der Waals surface area (Å²) in [4.78, 5) is 39.7. The molecule has 0 saturated heterocycles. The van der Waals surface area contributed by atoms with Crippen LogP contribution in [0.2, 0.25) is 0 Å². The van der Waals surface area contributed by atoms with Gasteiger partial charge >= 0.3 is 0 Å². The Kier molecular flexibility index (Phi) is 3.76. The summed E-state index contributed by atoms with van der Waals surface area (Å²) in [5.74, 6) is 0.526. The molecule has 2 aliphatic rings. The van der Waals surface area contributed by atoms with Crippen molar-refractivity contribution in [2.24, 2.45) is 0 Å². The molecule has 0 bridgehead atoms. The van der Waals surface area contributed by atoms with E-state index in [1.165, 1.54) is 11.3 Å². The van der Waals surface area contributed by atoms with Crippen molar-refractivity contribution in [1.29, 1.82) is 0 Å². The Hall–Kier alpha value is -2.35. The van der Waals surface area contributed by atoms with E-state index in [1.807, 2.05) is 6.92 Å². The molecule has 2 aromatic rings. The van der Waals surface area contributed by atoms with E-state index in [4.69, 9.17) is 0 Å². The van der Waals surface area contributed by atoms with Gasteiger partial charge in [-0.15, -0.1) is 11.3 Å². The molecule has 24 heavy (non-hydrogen) atoms. The van der Waals surface area contributed by atoms with Gasteiger partial charge in [-0.05, 0) is 18.9 Å². The molecule has 2 aromatic heterocycles. The van der Waals surface area contributed by atoms with Crippen molar-refractivity contribution in [2.45, 2.75) is 31.6 Å². The van der Waals surface area contributed by atoms with Crippen molar-refractivity contribution in [3.05, 3.63) is 34.0 Å². The van der Waals surface area contributed by atoms with Crippen LogP contribution in [0.3, 0.4) is 0 Å². The smallest absolute Gasteiger partial charge is 0.266 e. The molecule has 1 fully saturated rings. The normalized spacial score (nSPS) is 20.0. The van der Waals surface area contributed by atoms with E-state index >= 15 is 0 Å². The maximum Gasteiger partial charge on any atom is 0.266 e. The largest absolute Gasteiger partial charge is 0.328 e. The SMILES string of the molecule is C[C@@H]1CN(CC(=O)Nc2ncccn2)C(=O)c2sc(C3CC3)nc21. The number of rotatable bonds is 4. The minimum atomic E-state index is -0.294. The van der Waals surface area contributed by atoms with Gasteiger partial charge in [-0.3, -0.25) is 14.9 Å². The Bertz CT molecular complexity index is 787. The predicted molar refractivity (Wildman–Crippen MR) is 89.1 cm³/mol. The monoisotopic (exact) mass is 343 g/mol. The first-order valence-corrected chi connectivity index (χ1v) is 8.80. The molecule has 1 atom stereocenters. The van der Waals surface area contributed by atoms with Crippen molar-refractivity contribution < 1.29 is 9.59 Å². The van der Waals surface area contributed by atoms with Crippen LogP contribution in [0.15, 0.2) is 18.5 Å². The zero-order chi connectivity index (χ0) is 16.7. The second-order valence-electron chi connectivity index (χ2n) is 6.25. The molecule has 0 unspecified atom stereocenters. The molecule has 0 radical (unpaired) electrons. The molecule has 7 nitrogen and oxygen atoms in total. The van der Waals surface area contributed by atoms with Gasteiger partial charge in [0.2, 0.25) is 11.9 Å². The van der Waals surface area contributed by atoms with Gasteiger partial charge in [-0.25, -0.2) is 15.0 Å². The van der Waals surface area contributed by atoms with E-state index in [0.29, 0.717) is 17.3 Å². The summed E-state index contributed by atoms with van der Waals surface area (Å²) in [6.07, 6.45) is 5.44. The second-order valence-corrected chi connectivity index (χ2v) is 7.28. The van der Waals surface area contributed by atoms with E-state index in [0.717, 1.165) is 23.5 Å². The van der Waals surface area contributed by atoms with Crippen LogP contribution in [0.5, 0.6) is 0 Å². The van der Waals surface area contributed by atoms with Crippen LogP contribution < -0.4 is 5.32 Å². The molecular weight excluding hydrogens is 326 g/mol. The molecular formula is C16H17N5O2S. The second kappa shape index (κ2) is 5.94. The van der Waals surface area contributed by atoms with Crippen LogP contribution in [-0.4, -0.2) is 44.8 Å². The summed E-state index contributed by atoms with van der Waals surface area (Å²) in [5, 5.41) is 3.69. The van der Waals surface area contributed by atoms with E-state index in [9.17, 15) is 9.59 Å². The lowest BCUT2D eigenvalue weighted by Gasteiger charge is -2.29. The van der Waals surface area contributed by atoms with Crippen molar-refractivity contribution >= 4 is 29.1 Å². The predicted octanol–water partition coefficient (Wildman–Crippen LogP) is 2.01. The lowest BCUT2D eigenvalue weighted by molar-refractivity contribution is -0.117. The Balaban J connectivity index is 1.48. The third-order valence-corrected chi connectivity index (χ3v) is 5.41. The van der Waals surface area contributed by atoms with Crippen LogP contribution >= 0.6 is 11.3 Å². The highest BCUT2D eigenvalue weighted by Crippen LogP contribution is 2.44. The van der Waals surface area contributed by atoms with Gasteiger partial charge in [0, 0.05) is 30.8 Å². The Morgan fingerprint density at radius 3 is 2.83 bits per heavy atom. The zero-order valence-corrected chi connectivity index (χ0v) is 14.0. The number of hydrogen-bond acceptors (Lipinski definition) is 6. The van der Waals surface area contributed by atoms with Gasteiger partial charge in [0.05, 0.1) is 10.7 Å². The van der Waals surface area contributed by atoms with Crippen LogP contribution in [0.1, 0.15) is 52.0 Å². The number of nitrogens with zero attached hydrogens (tertiary/aromatic N) is 4. The van der Waals surface area contributed by atoms with E-state index < -0.39 is 0 Å². The number of carbonyl (C=O) groups is 2. The number of fused-ring (bicyclic) bond motifs is 1. The molecule has 124 valence electrons. The summed E-state index contributed by atoms with van der Waals surface area (Å²) in [6, 6.07) is 1.67. The number of anilines is 1. The summed E-state index contributed by atoms with van der Waals surface area (Å²) in [7, 11) is 0. The van der Waals surface area contributed by atoms with E-state index in [2.05, 4.69) is 20.3 Å². The topological polar surface area (TPSA) is 88.1 Å². The summed E-state index contributed by atoms with van der Waals surface area (Å²) in [5.41, 5.74) is 0.898. The van der Waals surface area contributed by atoms with Gasteiger partial charge in [0.25, 0.3) is 5.91 Å². The number of thiazole rings is 1. The third-order valence-electron chi connectivity index (χ3n) is 4.19. The minimum Gasteiger partial charge on any atom is -0.328 e. The van der Waals surface area contributed by atoms with Crippen molar-refractivity contribution in [1.82, 2.24) is 19.9 Å². The first-order valence-electron chi connectivity index (χ1n) is 7.98. The van der Waals surface area contributed by atoms with Crippen molar-refractivity contribution in [2.75, 3.05) is 18.4 Å². The fourth-order valence-electron chi connectivity index (χ4n) is 2.82. The summed E-state index contributed by atoms with van der Waals surface area (Å²) >= 11 is 1.49. The van der Waals surface area contributed by atoms with E-state index in [1.54, 1.807) is 23.4 Å². The molecule has 2 amide bonds. The molecule has 1 aliphatic heterocycles. The number of carbonyl (C=O) groups excluding carboxylic acids is 2. The number of nitrogens with one attached hydrogen (secondary N) is 1. The highest BCUT2D eigenvalue weighted by molar-refractivity contribution is 7.14. The van der Waals surface area contributed by atoms with Gasteiger partial charge in [0.15, 0.2) is 0 Å². The highest BCUT2D eigenvalue weighted by Gasteiger charge is 2.36. The Morgan fingerprint density at radius 1 is 1.38 bits per heavy atom. The van der Waals surface area contributed by atoms with E-state index in [-0.39, 0.29) is 30.2 Å². The average molecular weight is 343 g/mol. The fourth-order valence-corrected chi connectivity index (χ4v) is 4.15. The first-order chi connectivity index (χ1) is 11.6. The summed E-state index contributed by atoms with van der Waals surface area (Å²) < 4.78 is 0. The third kappa shape index (κ3) is 2.89. The molecule has 1 N–H and O–H groups in total. The van der Waals surface area contributed by atoms with Gasteiger partial charge in [-0.2, -0.15) is 0 Å². The molecule has 8 heteroatoms. The highest BCUT2D eigenvalue weighted by atomic mass is 32.1. The minimum absolute atomic E-state index is 0.00245. The van der Waals surface area contributed by atoms with Crippen LogP contribution in [0.4, 0.5) is 5.95 Å². The van der Waals surface area contributed by atoms with Gasteiger partial charge < -0.3 is 4.90 Å². The maximum atomic E-state index is 12.7. The van der Waals surface area contributed by atoms with Crippen LogP contribution in [0.25, 0.3) is 0 Å². The number of hydrogen-bond donors (Lipinski definition) is 1. The first kappa shape index (κ1) is 15.2. The summed E-state index contributed by atoms with van der Waals surface area (Å²) in [6.45, 7) is 2.55. The molecule has 3 heterocycles. The Labute approximate surface area is 143 Å². The average Bonchev–Trinajstić information content (AvgIpc) is 3.31. The number of aromatic nitrogens is 3. The zero-order valence-electron chi connectivity index (χ0n) is 13.2. The molecule has 4 rings (SSSR count). The van der Waals surface area contributed by atoms with Gasteiger partial charge in [-0.1, -0.05) is 6.92 Å². The lowest BCUT2D eigenvalue weighted by atomic mass is 10.0. The molecule has 1 aliphatic carbocycles. The lowest BCUT2D eigenvalue weighted by Crippen LogP contribution is -2.43. The van der Waals surface area contributed by atoms with Crippen LogP contribution in [-0.2, 0) is 4.79 Å². The molecule has 0 aromatic carbocycles. The Morgan fingerprint density at radius 2 is 2.12 bits per heavy atom. The molecule has 0 spiro atoms. The van der Waals surface area contributed by atoms with Crippen molar-refractivity contribution in [3.63, 3.8) is 0 Å². The molecule has 1 saturated carbocycles. The van der Waals surface area contributed by atoms with Crippen molar-refractivity contribution in [3.8, 4) is 0 Å².